The second kappa shape index (κ2) is 5.61. The maximum absolute atomic E-state index is 11.4. The molecule has 0 saturated heterocycles. The summed E-state index contributed by atoms with van der Waals surface area (Å²) in [5.74, 6) is 0.850. The molecule has 6 heteroatoms. The Morgan fingerprint density at radius 2 is 2.05 bits per heavy atom. The van der Waals surface area contributed by atoms with Crippen LogP contribution in [0.25, 0.3) is 0 Å². The molecule has 0 bridgehead atoms. The Morgan fingerprint density at radius 1 is 1.37 bits per heavy atom. The van der Waals surface area contributed by atoms with Crippen molar-refractivity contribution in [1.82, 2.24) is 10.6 Å². The van der Waals surface area contributed by atoms with E-state index in [0.717, 1.165) is 23.6 Å². The van der Waals surface area contributed by atoms with Crippen molar-refractivity contribution in [2.75, 3.05) is 12.8 Å². The first-order chi connectivity index (χ1) is 8.94. The molecule has 19 heavy (non-hydrogen) atoms. The van der Waals surface area contributed by atoms with Crippen molar-refractivity contribution >= 4 is 15.8 Å². The van der Waals surface area contributed by atoms with E-state index in [9.17, 15) is 8.42 Å². The highest BCUT2D eigenvalue weighted by Gasteiger charge is 2.13. The Hall–Kier alpha value is -1.56. The molecular weight excluding hydrogens is 262 g/mol. The third-order valence-electron chi connectivity index (χ3n) is 2.89. The summed E-state index contributed by atoms with van der Waals surface area (Å²) in [5, 5.41) is 6.41. The van der Waals surface area contributed by atoms with Crippen LogP contribution in [-0.2, 0) is 22.1 Å². The Bertz CT molecular complexity index is 581. The number of hydrogen-bond donors (Lipinski definition) is 2. The zero-order valence-corrected chi connectivity index (χ0v) is 12.0. The minimum atomic E-state index is -3.02. The standard InChI is InChI=1S/C13H19N3O2S/c1-10-7-14-13(16-10)15-8-11-5-3-4-6-12(11)9-19(2,17)18/h3-6,10H,7-9H2,1-2H3,(H2,14,15,16). The molecule has 0 radical (unpaired) electrons. The van der Waals surface area contributed by atoms with Gasteiger partial charge >= 0.3 is 0 Å². The van der Waals surface area contributed by atoms with E-state index in [1.54, 1.807) is 0 Å². The Morgan fingerprint density at radius 3 is 2.63 bits per heavy atom. The van der Waals surface area contributed by atoms with Crippen molar-refractivity contribution in [1.29, 1.82) is 0 Å². The van der Waals surface area contributed by atoms with Crippen LogP contribution in [0.4, 0.5) is 0 Å². The topological polar surface area (TPSA) is 70.6 Å². The van der Waals surface area contributed by atoms with Gasteiger partial charge in [0.15, 0.2) is 15.8 Å². The Kier molecular flexibility index (Phi) is 4.09. The lowest BCUT2D eigenvalue weighted by molar-refractivity contribution is 0.601. The fourth-order valence-electron chi connectivity index (χ4n) is 1.99. The summed E-state index contributed by atoms with van der Waals surface area (Å²) < 4.78 is 22.8. The van der Waals surface area contributed by atoms with E-state index < -0.39 is 9.84 Å². The van der Waals surface area contributed by atoms with Crippen molar-refractivity contribution in [3.05, 3.63) is 35.4 Å². The van der Waals surface area contributed by atoms with Crippen LogP contribution in [0, 0.1) is 0 Å². The van der Waals surface area contributed by atoms with E-state index >= 15 is 0 Å². The third-order valence-corrected chi connectivity index (χ3v) is 3.72. The molecule has 1 heterocycles. The van der Waals surface area contributed by atoms with Gasteiger partial charge in [0.2, 0.25) is 0 Å². The molecule has 2 rings (SSSR count). The monoisotopic (exact) mass is 281 g/mol. The lowest BCUT2D eigenvalue weighted by Gasteiger charge is -2.12. The number of rotatable bonds is 4. The number of benzene rings is 1. The summed E-state index contributed by atoms with van der Waals surface area (Å²) in [6, 6.07) is 7.91. The summed E-state index contributed by atoms with van der Waals surface area (Å²) in [6.07, 6.45) is 1.25. The van der Waals surface area contributed by atoms with Gasteiger partial charge in [0, 0.05) is 18.8 Å². The number of nitrogens with one attached hydrogen (secondary N) is 2. The average Bonchev–Trinajstić information content (AvgIpc) is 2.72. The molecule has 104 valence electrons. The average molecular weight is 281 g/mol. The SMILES string of the molecule is CC1CN=C(NCc2ccccc2CS(C)(=O)=O)N1. The van der Waals surface area contributed by atoms with Gasteiger partial charge in [-0.15, -0.1) is 0 Å². The van der Waals surface area contributed by atoms with E-state index in [1.807, 2.05) is 24.3 Å². The first kappa shape index (κ1) is 13.9. The molecule has 0 amide bonds. The molecule has 1 aromatic rings. The summed E-state index contributed by atoms with van der Waals surface area (Å²) in [4.78, 5) is 4.31. The van der Waals surface area contributed by atoms with Gasteiger partial charge in [0.1, 0.15) is 0 Å². The first-order valence-electron chi connectivity index (χ1n) is 6.23. The van der Waals surface area contributed by atoms with Gasteiger partial charge in [0.25, 0.3) is 0 Å². The number of guanidine groups is 1. The minimum absolute atomic E-state index is 0.0706. The molecule has 1 atom stereocenters. The molecule has 2 N–H and O–H groups in total. The lowest BCUT2D eigenvalue weighted by Crippen LogP contribution is -2.37. The van der Waals surface area contributed by atoms with Gasteiger partial charge < -0.3 is 10.6 Å². The van der Waals surface area contributed by atoms with Crippen LogP contribution in [0.1, 0.15) is 18.1 Å². The van der Waals surface area contributed by atoms with Crippen molar-refractivity contribution in [2.45, 2.75) is 25.3 Å². The first-order valence-corrected chi connectivity index (χ1v) is 8.29. The molecule has 1 aliphatic heterocycles. The highest BCUT2D eigenvalue weighted by atomic mass is 32.2. The van der Waals surface area contributed by atoms with Crippen LogP contribution in [0.2, 0.25) is 0 Å². The number of sulfone groups is 1. The summed E-state index contributed by atoms with van der Waals surface area (Å²) >= 11 is 0. The van der Waals surface area contributed by atoms with Crippen molar-refractivity contribution in [2.24, 2.45) is 4.99 Å². The van der Waals surface area contributed by atoms with Gasteiger partial charge in [0.05, 0.1) is 12.3 Å². The molecule has 0 aromatic heterocycles. The fraction of sp³-hybridized carbons (Fsp3) is 0.462. The van der Waals surface area contributed by atoms with Gasteiger partial charge in [-0.2, -0.15) is 0 Å². The summed E-state index contributed by atoms with van der Waals surface area (Å²) in [6.45, 7) is 3.41. The third kappa shape index (κ3) is 4.24. The Labute approximate surface area is 114 Å². The zero-order chi connectivity index (χ0) is 13.9. The van der Waals surface area contributed by atoms with Gasteiger partial charge in [-0.05, 0) is 18.1 Å². The predicted molar refractivity (Wildman–Crippen MR) is 76.7 cm³/mol. The number of nitrogens with zero attached hydrogens (tertiary/aromatic N) is 1. The fourth-order valence-corrected chi connectivity index (χ4v) is 2.84. The van der Waals surface area contributed by atoms with Crippen LogP contribution < -0.4 is 10.6 Å². The Balaban J connectivity index is 2.04. The van der Waals surface area contributed by atoms with Crippen LogP contribution >= 0.6 is 0 Å². The van der Waals surface area contributed by atoms with E-state index in [0.29, 0.717) is 12.6 Å². The molecule has 0 aliphatic carbocycles. The summed E-state index contributed by atoms with van der Waals surface area (Å²) in [5.41, 5.74) is 1.82. The zero-order valence-electron chi connectivity index (χ0n) is 11.2. The smallest absolute Gasteiger partial charge is 0.191 e. The quantitative estimate of drug-likeness (QED) is 0.851. The minimum Gasteiger partial charge on any atom is -0.352 e. The maximum atomic E-state index is 11.4. The lowest BCUT2D eigenvalue weighted by atomic mass is 10.1. The maximum Gasteiger partial charge on any atom is 0.191 e. The van der Waals surface area contributed by atoms with Gasteiger partial charge in [-0.25, -0.2) is 8.42 Å². The normalized spacial score (nSPS) is 18.8. The van der Waals surface area contributed by atoms with Crippen molar-refractivity contribution < 1.29 is 8.42 Å². The van der Waals surface area contributed by atoms with Crippen LogP contribution in [0.3, 0.4) is 0 Å². The van der Waals surface area contributed by atoms with E-state index in [-0.39, 0.29) is 5.75 Å². The molecule has 0 fully saturated rings. The predicted octanol–water partition coefficient (Wildman–Crippen LogP) is 0.669. The molecule has 1 aliphatic rings. The molecule has 0 spiro atoms. The highest BCUT2D eigenvalue weighted by Crippen LogP contribution is 2.12. The van der Waals surface area contributed by atoms with Gasteiger partial charge in [-0.3, -0.25) is 4.99 Å². The summed E-state index contributed by atoms with van der Waals surface area (Å²) in [7, 11) is -3.02. The van der Waals surface area contributed by atoms with Crippen molar-refractivity contribution in [3.8, 4) is 0 Å². The van der Waals surface area contributed by atoms with Gasteiger partial charge in [-0.1, -0.05) is 24.3 Å². The van der Waals surface area contributed by atoms with E-state index in [4.69, 9.17) is 0 Å². The van der Waals surface area contributed by atoms with Crippen molar-refractivity contribution in [3.63, 3.8) is 0 Å². The highest BCUT2D eigenvalue weighted by molar-refractivity contribution is 7.89. The van der Waals surface area contributed by atoms with E-state index in [1.165, 1.54) is 6.26 Å². The molecule has 1 unspecified atom stereocenters. The number of aliphatic imine (C=N–C) groups is 1. The molecule has 0 saturated carbocycles. The van der Waals surface area contributed by atoms with Crippen LogP contribution in [-0.4, -0.2) is 33.2 Å². The second-order valence-electron chi connectivity index (χ2n) is 4.93. The van der Waals surface area contributed by atoms with Crippen LogP contribution in [0.15, 0.2) is 29.3 Å². The molecular formula is C13H19N3O2S. The largest absolute Gasteiger partial charge is 0.352 e. The van der Waals surface area contributed by atoms with Crippen LogP contribution in [0.5, 0.6) is 0 Å². The second-order valence-corrected chi connectivity index (χ2v) is 7.07. The molecule has 5 nitrogen and oxygen atoms in total. The number of hydrogen-bond acceptors (Lipinski definition) is 5. The van der Waals surface area contributed by atoms with E-state index in [2.05, 4.69) is 22.5 Å². The molecule has 1 aromatic carbocycles.